The average molecular weight is 275 g/mol. The molecule has 0 spiro atoms. The molecule has 1 aromatic rings. The van der Waals surface area contributed by atoms with Crippen LogP contribution in [-0.4, -0.2) is 30.3 Å². The molecule has 1 atom stereocenters. The zero-order valence-corrected chi connectivity index (χ0v) is 11.6. The van der Waals surface area contributed by atoms with Crippen molar-refractivity contribution in [3.63, 3.8) is 0 Å². The Bertz CT molecular complexity index is 510. The van der Waals surface area contributed by atoms with Crippen LogP contribution >= 0.6 is 11.3 Å². The number of hydrogen-bond donors (Lipinski definition) is 1. The van der Waals surface area contributed by atoms with Gasteiger partial charge in [0.05, 0.1) is 5.69 Å². The van der Waals surface area contributed by atoms with E-state index in [9.17, 15) is 8.42 Å². The first-order valence-electron chi connectivity index (χ1n) is 5.71. The van der Waals surface area contributed by atoms with Crippen LogP contribution in [0.5, 0.6) is 0 Å². The van der Waals surface area contributed by atoms with E-state index >= 15 is 0 Å². The van der Waals surface area contributed by atoms with Crippen LogP contribution in [0.1, 0.15) is 31.9 Å². The van der Waals surface area contributed by atoms with E-state index in [4.69, 9.17) is 5.73 Å². The summed E-state index contributed by atoms with van der Waals surface area (Å²) in [6, 6.07) is 0.128. The van der Waals surface area contributed by atoms with E-state index in [-0.39, 0.29) is 6.04 Å². The molecule has 0 bridgehead atoms. The van der Waals surface area contributed by atoms with E-state index in [1.807, 2.05) is 6.92 Å². The smallest absolute Gasteiger partial charge is 0.254 e. The lowest BCUT2D eigenvalue weighted by molar-refractivity contribution is 0.380. The maximum absolute atomic E-state index is 12.5. The molecule has 0 radical (unpaired) electrons. The third-order valence-electron chi connectivity index (χ3n) is 3.11. The molecule has 0 aromatic carbocycles. The molecule has 1 saturated heterocycles. The van der Waals surface area contributed by atoms with Gasteiger partial charge in [0, 0.05) is 12.6 Å². The lowest BCUT2D eigenvalue weighted by Crippen LogP contribution is -2.35. The predicted molar refractivity (Wildman–Crippen MR) is 68.5 cm³/mol. The SMILES string of the molecule is CCC1CCCN1S(=O)(=O)c1sc(N)nc1C. The number of hydrogen-bond acceptors (Lipinski definition) is 5. The summed E-state index contributed by atoms with van der Waals surface area (Å²) in [6.07, 6.45) is 2.74. The van der Waals surface area contributed by atoms with Gasteiger partial charge >= 0.3 is 0 Å². The zero-order chi connectivity index (χ0) is 12.6. The first-order valence-corrected chi connectivity index (χ1v) is 7.97. The standard InChI is InChI=1S/C10H17N3O2S2/c1-3-8-5-4-6-13(8)17(14,15)9-7(2)12-10(11)16-9/h8H,3-6H2,1-2H3,(H2,11,12). The van der Waals surface area contributed by atoms with Crippen LogP contribution < -0.4 is 5.73 Å². The Hall–Kier alpha value is -0.660. The van der Waals surface area contributed by atoms with Gasteiger partial charge in [0.1, 0.15) is 0 Å². The van der Waals surface area contributed by atoms with E-state index in [2.05, 4.69) is 4.98 Å². The Labute approximate surface area is 106 Å². The Kier molecular flexibility index (Phi) is 3.42. The summed E-state index contributed by atoms with van der Waals surface area (Å²) in [5.74, 6) is 0. The second-order valence-corrected chi connectivity index (χ2v) is 7.36. The van der Waals surface area contributed by atoms with Crippen molar-refractivity contribution >= 4 is 26.5 Å². The van der Waals surface area contributed by atoms with Crippen LogP contribution in [0.3, 0.4) is 0 Å². The highest BCUT2D eigenvalue weighted by Gasteiger charge is 2.36. The number of nitrogens with zero attached hydrogens (tertiary/aromatic N) is 2. The summed E-state index contributed by atoms with van der Waals surface area (Å²) in [7, 11) is -3.40. The zero-order valence-electron chi connectivity index (χ0n) is 10.0. The maximum Gasteiger partial charge on any atom is 0.254 e. The highest BCUT2D eigenvalue weighted by atomic mass is 32.2. The molecule has 1 fully saturated rings. The van der Waals surface area contributed by atoms with Crippen molar-refractivity contribution in [2.24, 2.45) is 0 Å². The summed E-state index contributed by atoms with van der Waals surface area (Å²) in [4.78, 5) is 3.99. The fourth-order valence-electron chi connectivity index (χ4n) is 2.28. The summed E-state index contributed by atoms with van der Waals surface area (Å²) < 4.78 is 26.9. The monoisotopic (exact) mass is 275 g/mol. The molecule has 5 nitrogen and oxygen atoms in total. The Morgan fingerprint density at radius 1 is 1.59 bits per heavy atom. The largest absolute Gasteiger partial charge is 0.375 e. The number of anilines is 1. The molecule has 1 aliphatic heterocycles. The topological polar surface area (TPSA) is 76.3 Å². The summed E-state index contributed by atoms with van der Waals surface area (Å²) in [5, 5.41) is 0.313. The van der Waals surface area contributed by atoms with Gasteiger partial charge in [-0.2, -0.15) is 4.31 Å². The summed E-state index contributed by atoms with van der Waals surface area (Å²) in [6.45, 7) is 4.32. The Balaban J connectivity index is 2.39. The van der Waals surface area contributed by atoms with Gasteiger partial charge in [0.25, 0.3) is 10.0 Å². The molecule has 0 aliphatic carbocycles. The predicted octanol–water partition coefficient (Wildman–Crippen LogP) is 1.60. The van der Waals surface area contributed by atoms with E-state index in [0.717, 1.165) is 30.6 Å². The Morgan fingerprint density at radius 3 is 2.82 bits per heavy atom. The fourth-order valence-corrected chi connectivity index (χ4v) is 5.46. The minimum atomic E-state index is -3.40. The van der Waals surface area contributed by atoms with Crippen LogP contribution in [0.4, 0.5) is 5.13 Å². The van der Waals surface area contributed by atoms with Crippen molar-refractivity contribution in [1.82, 2.24) is 9.29 Å². The molecule has 7 heteroatoms. The summed E-state index contributed by atoms with van der Waals surface area (Å²) in [5.41, 5.74) is 6.07. The molecule has 1 aliphatic rings. The molecule has 2 rings (SSSR count). The van der Waals surface area contributed by atoms with Crippen LogP contribution in [0, 0.1) is 6.92 Å². The van der Waals surface area contributed by atoms with Crippen molar-refractivity contribution in [2.75, 3.05) is 12.3 Å². The normalized spacial score (nSPS) is 22.1. The van der Waals surface area contributed by atoms with Gasteiger partial charge in [-0.1, -0.05) is 18.3 Å². The van der Waals surface area contributed by atoms with Crippen molar-refractivity contribution < 1.29 is 8.42 Å². The number of thiazole rings is 1. The number of nitrogens with two attached hydrogens (primary N) is 1. The van der Waals surface area contributed by atoms with Crippen molar-refractivity contribution in [3.8, 4) is 0 Å². The first kappa shape index (κ1) is 12.8. The Morgan fingerprint density at radius 2 is 2.29 bits per heavy atom. The third kappa shape index (κ3) is 2.19. The lowest BCUT2D eigenvalue weighted by atomic mass is 10.2. The number of rotatable bonds is 3. The molecule has 2 heterocycles. The van der Waals surface area contributed by atoms with Crippen molar-refractivity contribution in [1.29, 1.82) is 0 Å². The van der Waals surface area contributed by atoms with Gasteiger partial charge in [-0.05, 0) is 26.2 Å². The average Bonchev–Trinajstić information content (AvgIpc) is 2.84. The van der Waals surface area contributed by atoms with Gasteiger partial charge in [0.15, 0.2) is 9.34 Å². The molecule has 0 amide bonds. The van der Waals surface area contributed by atoms with Crippen LogP contribution in [-0.2, 0) is 10.0 Å². The number of aromatic nitrogens is 1. The molecule has 2 N–H and O–H groups in total. The van der Waals surface area contributed by atoms with Crippen molar-refractivity contribution in [2.45, 2.75) is 43.4 Å². The van der Waals surface area contributed by atoms with Crippen molar-refractivity contribution in [3.05, 3.63) is 5.69 Å². The highest BCUT2D eigenvalue weighted by Crippen LogP contribution is 2.33. The molecular weight excluding hydrogens is 258 g/mol. The van der Waals surface area contributed by atoms with Crippen LogP contribution in [0.25, 0.3) is 0 Å². The minimum absolute atomic E-state index is 0.128. The molecule has 1 aromatic heterocycles. The van der Waals surface area contributed by atoms with Crippen LogP contribution in [0.15, 0.2) is 4.21 Å². The van der Waals surface area contributed by atoms with E-state index in [1.54, 1.807) is 11.2 Å². The molecule has 0 saturated carbocycles. The second kappa shape index (κ2) is 4.55. The fraction of sp³-hybridized carbons (Fsp3) is 0.700. The van der Waals surface area contributed by atoms with Gasteiger partial charge in [-0.25, -0.2) is 13.4 Å². The number of nitrogen functional groups attached to an aromatic ring is 1. The summed E-state index contributed by atoms with van der Waals surface area (Å²) >= 11 is 1.06. The van der Waals surface area contributed by atoms with Gasteiger partial charge in [0.2, 0.25) is 0 Å². The van der Waals surface area contributed by atoms with Gasteiger partial charge in [-0.15, -0.1) is 0 Å². The van der Waals surface area contributed by atoms with Gasteiger partial charge < -0.3 is 5.73 Å². The third-order valence-corrected chi connectivity index (χ3v) is 6.63. The molecule has 1 unspecified atom stereocenters. The van der Waals surface area contributed by atoms with E-state index in [0.29, 0.717) is 21.6 Å². The number of aryl methyl sites for hydroxylation is 1. The van der Waals surface area contributed by atoms with Crippen LogP contribution in [0.2, 0.25) is 0 Å². The molecule has 17 heavy (non-hydrogen) atoms. The maximum atomic E-state index is 12.5. The lowest BCUT2D eigenvalue weighted by Gasteiger charge is -2.22. The highest BCUT2D eigenvalue weighted by molar-refractivity contribution is 7.91. The quantitative estimate of drug-likeness (QED) is 0.909. The van der Waals surface area contributed by atoms with Gasteiger partial charge in [-0.3, -0.25) is 0 Å². The van der Waals surface area contributed by atoms with E-state index < -0.39 is 10.0 Å². The molecule has 96 valence electrons. The van der Waals surface area contributed by atoms with E-state index in [1.165, 1.54) is 0 Å². The molecular formula is C10H17N3O2S2. The second-order valence-electron chi connectivity index (χ2n) is 4.25. The first-order chi connectivity index (χ1) is 7.96. The minimum Gasteiger partial charge on any atom is -0.375 e. The number of sulfonamides is 1.